The molecule has 1 N–H and O–H groups in total. The van der Waals surface area contributed by atoms with E-state index >= 15 is 0 Å². The Morgan fingerprint density at radius 3 is 3.10 bits per heavy atom. The maximum Gasteiger partial charge on any atom is 0.262 e. The minimum absolute atomic E-state index is 0.0238. The maximum atomic E-state index is 12.4. The van der Waals surface area contributed by atoms with E-state index in [1.165, 1.54) is 11.3 Å². The molecule has 0 aliphatic carbocycles. The third kappa shape index (κ3) is 2.17. The predicted molar refractivity (Wildman–Crippen MR) is 88.7 cm³/mol. The summed E-state index contributed by atoms with van der Waals surface area (Å²) in [6.45, 7) is 2.00. The fraction of sp³-hybridized carbons (Fsp3) is 0.143. The number of imidazole rings is 1. The standard InChI is InChI=1S/C14H11N3OS3/c1-8(10-3-2-5-19-10)15-12(18)11-7-9-13(21-11)16-14-17(9)4-6-20-14/h2-8H,1H3,(H,15,18). The molecule has 0 spiro atoms. The molecule has 4 rings (SSSR count). The second-order valence-electron chi connectivity index (χ2n) is 4.68. The number of carbonyl (C=O) groups is 1. The van der Waals surface area contributed by atoms with Crippen molar-refractivity contribution in [1.29, 1.82) is 0 Å². The Bertz CT molecular complexity index is 916. The van der Waals surface area contributed by atoms with Gasteiger partial charge in [-0.05, 0) is 24.4 Å². The molecule has 7 heteroatoms. The Morgan fingerprint density at radius 1 is 1.38 bits per heavy atom. The molecule has 106 valence electrons. The second-order valence-corrected chi connectivity index (χ2v) is 7.56. The number of rotatable bonds is 3. The lowest BCUT2D eigenvalue weighted by molar-refractivity contribution is 0.0944. The quantitative estimate of drug-likeness (QED) is 0.612. The summed E-state index contributed by atoms with van der Waals surface area (Å²) in [6.07, 6.45) is 1.98. The van der Waals surface area contributed by atoms with Crippen LogP contribution in [-0.4, -0.2) is 15.3 Å². The summed E-state index contributed by atoms with van der Waals surface area (Å²) in [5.74, 6) is -0.0390. The van der Waals surface area contributed by atoms with Crippen LogP contribution in [0.5, 0.6) is 0 Å². The first kappa shape index (κ1) is 13.0. The maximum absolute atomic E-state index is 12.4. The first-order chi connectivity index (χ1) is 10.2. The zero-order chi connectivity index (χ0) is 14.4. The Labute approximate surface area is 132 Å². The number of aromatic nitrogens is 2. The largest absolute Gasteiger partial charge is 0.344 e. The highest BCUT2D eigenvalue weighted by atomic mass is 32.1. The molecule has 4 aromatic heterocycles. The third-order valence-corrected chi connectivity index (χ3v) is 6.11. The summed E-state index contributed by atoms with van der Waals surface area (Å²) in [5, 5.41) is 7.06. The molecule has 1 unspecified atom stereocenters. The van der Waals surface area contributed by atoms with Crippen molar-refractivity contribution >= 4 is 55.2 Å². The van der Waals surface area contributed by atoms with Crippen molar-refractivity contribution in [2.24, 2.45) is 0 Å². The number of nitrogens with zero attached hydrogens (tertiary/aromatic N) is 2. The fourth-order valence-corrected chi connectivity index (χ4v) is 4.67. The van der Waals surface area contributed by atoms with E-state index in [9.17, 15) is 4.79 Å². The van der Waals surface area contributed by atoms with Crippen molar-refractivity contribution in [3.63, 3.8) is 0 Å². The molecule has 0 saturated heterocycles. The highest BCUT2D eigenvalue weighted by Crippen LogP contribution is 2.28. The summed E-state index contributed by atoms with van der Waals surface area (Å²) in [7, 11) is 0. The SMILES string of the molecule is CC(NC(=O)c1cc2c(nc3sccn32)s1)c1cccs1. The third-order valence-electron chi connectivity index (χ3n) is 3.28. The van der Waals surface area contributed by atoms with Gasteiger partial charge in [0, 0.05) is 16.5 Å². The molecule has 0 radical (unpaired) electrons. The Hall–Kier alpha value is -1.70. The fourth-order valence-electron chi connectivity index (χ4n) is 2.24. The molecule has 21 heavy (non-hydrogen) atoms. The molecule has 0 bridgehead atoms. The van der Waals surface area contributed by atoms with Crippen LogP contribution in [0.2, 0.25) is 0 Å². The normalized spacial score (nSPS) is 13.0. The van der Waals surface area contributed by atoms with Gasteiger partial charge in [0.05, 0.1) is 16.4 Å². The molecule has 1 atom stereocenters. The van der Waals surface area contributed by atoms with Gasteiger partial charge in [0.15, 0.2) is 4.96 Å². The molecule has 4 heterocycles. The van der Waals surface area contributed by atoms with Crippen LogP contribution in [0.3, 0.4) is 0 Å². The summed E-state index contributed by atoms with van der Waals surface area (Å²) in [4.78, 5) is 20.6. The minimum atomic E-state index is -0.0390. The van der Waals surface area contributed by atoms with Crippen LogP contribution in [0.1, 0.15) is 27.5 Å². The van der Waals surface area contributed by atoms with E-state index in [0.29, 0.717) is 4.88 Å². The molecule has 0 aromatic carbocycles. The van der Waals surface area contributed by atoms with Crippen LogP contribution in [0, 0.1) is 0 Å². The van der Waals surface area contributed by atoms with Crippen LogP contribution in [0.25, 0.3) is 15.3 Å². The van der Waals surface area contributed by atoms with Gasteiger partial charge in [-0.25, -0.2) is 4.98 Å². The topological polar surface area (TPSA) is 46.4 Å². The summed E-state index contributed by atoms with van der Waals surface area (Å²) in [6, 6.07) is 5.97. The smallest absolute Gasteiger partial charge is 0.262 e. The highest BCUT2D eigenvalue weighted by Gasteiger charge is 2.17. The van der Waals surface area contributed by atoms with E-state index in [0.717, 1.165) is 20.2 Å². The molecular weight excluding hydrogens is 322 g/mol. The van der Waals surface area contributed by atoms with E-state index in [2.05, 4.69) is 10.3 Å². The zero-order valence-electron chi connectivity index (χ0n) is 11.1. The van der Waals surface area contributed by atoms with Gasteiger partial charge < -0.3 is 5.32 Å². The average molecular weight is 333 g/mol. The van der Waals surface area contributed by atoms with E-state index in [-0.39, 0.29) is 11.9 Å². The van der Waals surface area contributed by atoms with E-state index in [1.807, 2.05) is 46.5 Å². The molecule has 0 aliphatic heterocycles. The summed E-state index contributed by atoms with van der Waals surface area (Å²) < 4.78 is 2.02. The zero-order valence-corrected chi connectivity index (χ0v) is 13.5. The Balaban J connectivity index is 1.63. The number of thiazole rings is 1. The van der Waals surface area contributed by atoms with Gasteiger partial charge in [-0.15, -0.1) is 34.0 Å². The van der Waals surface area contributed by atoms with Gasteiger partial charge in [0.1, 0.15) is 4.83 Å². The monoisotopic (exact) mass is 333 g/mol. The Kier molecular flexibility index (Phi) is 3.06. The molecule has 0 saturated carbocycles. The molecule has 0 fully saturated rings. The van der Waals surface area contributed by atoms with Gasteiger partial charge in [-0.1, -0.05) is 6.07 Å². The number of thiophene rings is 2. The van der Waals surface area contributed by atoms with Crippen LogP contribution >= 0.6 is 34.0 Å². The van der Waals surface area contributed by atoms with Gasteiger partial charge in [0.2, 0.25) is 0 Å². The minimum Gasteiger partial charge on any atom is -0.344 e. The van der Waals surface area contributed by atoms with Crippen molar-refractivity contribution in [3.8, 4) is 0 Å². The lowest BCUT2D eigenvalue weighted by atomic mass is 10.2. The number of hydrogen-bond acceptors (Lipinski definition) is 5. The lowest BCUT2D eigenvalue weighted by Gasteiger charge is -2.10. The van der Waals surface area contributed by atoms with Crippen LogP contribution in [0.4, 0.5) is 0 Å². The summed E-state index contributed by atoms with van der Waals surface area (Å²) >= 11 is 4.69. The van der Waals surface area contributed by atoms with Gasteiger partial charge in [0.25, 0.3) is 5.91 Å². The number of hydrogen-bond donors (Lipinski definition) is 1. The number of carbonyl (C=O) groups excluding carboxylic acids is 1. The molecule has 1 amide bonds. The Morgan fingerprint density at radius 2 is 2.29 bits per heavy atom. The molecule has 4 nitrogen and oxygen atoms in total. The van der Waals surface area contributed by atoms with Crippen LogP contribution in [-0.2, 0) is 0 Å². The van der Waals surface area contributed by atoms with Crippen molar-refractivity contribution in [3.05, 3.63) is 44.9 Å². The van der Waals surface area contributed by atoms with E-state index < -0.39 is 0 Å². The van der Waals surface area contributed by atoms with Crippen molar-refractivity contribution in [2.45, 2.75) is 13.0 Å². The van der Waals surface area contributed by atoms with E-state index in [4.69, 9.17) is 0 Å². The first-order valence-corrected chi connectivity index (χ1v) is 8.99. The highest BCUT2D eigenvalue weighted by molar-refractivity contribution is 7.21. The molecule has 4 aromatic rings. The van der Waals surface area contributed by atoms with Crippen molar-refractivity contribution in [2.75, 3.05) is 0 Å². The van der Waals surface area contributed by atoms with Gasteiger partial charge in [-0.3, -0.25) is 9.20 Å². The van der Waals surface area contributed by atoms with Crippen molar-refractivity contribution in [1.82, 2.24) is 14.7 Å². The van der Waals surface area contributed by atoms with E-state index in [1.54, 1.807) is 22.7 Å². The number of amides is 1. The van der Waals surface area contributed by atoms with Crippen LogP contribution in [0.15, 0.2) is 35.2 Å². The predicted octanol–water partition coefficient (Wildman–Crippen LogP) is 4.16. The number of nitrogens with one attached hydrogen (secondary N) is 1. The molecular formula is C14H11N3OS3. The second kappa shape index (κ2) is 4.94. The molecule has 0 aliphatic rings. The van der Waals surface area contributed by atoms with Gasteiger partial charge >= 0.3 is 0 Å². The lowest BCUT2D eigenvalue weighted by Crippen LogP contribution is -2.25. The first-order valence-electron chi connectivity index (χ1n) is 6.42. The average Bonchev–Trinajstić information content (AvgIpc) is 3.20. The van der Waals surface area contributed by atoms with Gasteiger partial charge in [-0.2, -0.15) is 0 Å². The summed E-state index contributed by atoms with van der Waals surface area (Å²) in [5.41, 5.74) is 1.00. The number of fused-ring (bicyclic) bond motifs is 3. The van der Waals surface area contributed by atoms with Crippen molar-refractivity contribution < 1.29 is 4.79 Å². The van der Waals surface area contributed by atoms with Crippen LogP contribution < -0.4 is 5.32 Å².